The summed E-state index contributed by atoms with van der Waals surface area (Å²) in [5.41, 5.74) is -0.666. The van der Waals surface area contributed by atoms with Gasteiger partial charge in [0.2, 0.25) is 0 Å². The Bertz CT molecular complexity index is 451. The number of hydrogen-bond acceptors (Lipinski definition) is 4. The molecule has 0 bridgehead atoms. The molecule has 0 aliphatic carbocycles. The zero-order valence-corrected chi connectivity index (χ0v) is 9.89. The highest BCUT2D eigenvalue weighted by Gasteiger charge is 2.20. The normalized spacial score (nSPS) is 21.6. The van der Waals surface area contributed by atoms with Crippen molar-refractivity contribution in [3.8, 4) is 0 Å². The van der Waals surface area contributed by atoms with Gasteiger partial charge in [-0.15, -0.1) is 0 Å². The molecular formula is C11H17N3O3. The van der Waals surface area contributed by atoms with Gasteiger partial charge >= 0.3 is 5.69 Å². The summed E-state index contributed by atoms with van der Waals surface area (Å²) < 4.78 is 6.75. The van der Waals surface area contributed by atoms with Gasteiger partial charge in [0, 0.05) is 25.4 Å². The van der Waals surface area contributed by atoms with Crippen LogP contribution in [0.2, 0.25) is 0 Å². The first-order valence-corrected chi connectivity index (χ1v) is 5.83. The van der Waals surface area contributed by atoms with Crippen LogP contribution in [-0.2, 0) is 11.3 Å². The third kappa shape index (κ3) is 2.83. The van der Waals surface area contributed by atoms with Crippen LogP contribution in [0.1, 0.15) is 6.92 Å². The maximum atomic E-state index is 11.5. The minimum Gasteiger partial charge on any atom is -0.374 e. The van der Waals surface area contributed by atoms with E-state index in [4.69, 9.17) is 4.74 Å². The summed E-state index contributed by atoms with van der Waals surface area (Å²) in [6.07, 6.45) is 1.27. The summed E-state index contributed by atoms with van der Waals surface area (Å²) in [6.45, 7) is 5.68. The molecule has 0 saturated carbocycles. The number of H-pyrrole nitrogens is 1. The molecule has 1 unspecified atom stereocenters. The van der Waals surface area contributed by atoms with Gasteiger partial charge in [-0.05, 0) is 6.54 Å². The van der Waals surface area contributed by atoms with Gasteiger partial charge in [-0.2, -0.15) is 0 Å². The number of aromatic nitrogens is 2. The summed E-state index contributed by atoms with van der Waals surface area (Å²) in [5, 5.41) is 0. The third-order valence-corrected chi connectivity index (χ3v) is 3.00. The van der Waals surface area contributed by atoms with Crippen molar-refractivity contribution in [1.82, 2.24) is 14.5 Å². The molecule has 0 spiro atoms. The number of nitrogens with zero attached hydrogens (tertiary/aromatic N) is 2. The van der Waals surface area contributed by atoms with Gasteiger partial charge in [-0.3, -0.25) is 14.3 Å². The number of likely N-dealkylation sites (N-methyl/N-ethyl adjacent to an activating group) is 1. The van der Waals surface area contributed by atoms with Crippen molar-refractivity contribution < 1.29 is 4.74 Å². The maximum Gasteiger partial charge on any atom is 0.328 e. The largest absolute Gasteiger partial charge is 0.374 e. The Morgan fingerprint density at radius 3 is 3.06 bits per heavy atom. The molecule has 1 fully saturated rings. The second-order valence-electron chi connectivity index (χ2n) is 4.12. The monoisotopic (exact) mass is 239 g/mol. The Hall–Kier alpha value is -1.40. The minimum absolute atomic E-state index is 0.0927. The van der Waals surface area contributed by atoms with Gasteiger partial charge < -0.3 is 9.72 Å². The standard InChI is InChI=1S/C11H17N3O3/c1-2-13-5-6-17-9(7-13)8-14-10(15)3-4-12-11(14)16/h3-4,9H,2,5-8H2,1H3,(H,12,16). The molecule has 6 nitrogen and oxygen atoms in total. The van der Waals surface area contributed by atoms with Crippen molar-refractivity contribution in [2.75, 3.05) is 26.2 Å². The highest BCUT2D eigenvalue weighted by molar-refractivity contribution is 4.84. The number of ether oxygens (including phenoxy) is 1. The van der Waals surface area contributed by atoms with E-state index < -0.39 is 0 Å². The van der Waals surface area contributed by atoms with Gasteiger partial charge in [0.05, 0.1) is 19.3 Å². The average molecular weight is 239 g/mol. The Labute approximate surface area is 98.8 Å². The molecule has 1 aromatic heterocycles. The SMILES string of the molecule is CCN1CCOC(Cn2c(=O)cc[nH]c2=O)C1. The first-order valence-electron chi connectivity index (χ1n) is 5.83. The van der Waals surface area contributed by atoms with E-state index in [0.29, 0.717) is 13.2 Å². The molecule has 1 N–H and O–H groups in total. The highest BCUT2D eigenvalue weighted by Crippen LogP contribution is 2.05. The Morgan fingerprint density at radius 1 is 1.53 bits per heavy atom. The third-order valence-electron chi connectivity index (χ3n) is 3.00. The molecule has 0 amide bonds. The van der Waals surface area contributed by atoms with E-state index in [1.54, 1.807) is 0 Å². The van der Waals surface area contributed by atoms with E-state index in [2.05, 4.69) is 16.8 Å². The predicted molar refractivity (Wildman–Crippen MR) is 63.2 cm³/mol. The molecule has 2 rings (SSSR count). The summed E-state index contributed by atoms with van der Waals surface area (Å²) in [6, 6.07) is 1.35. The highest BCUT2D eigenvalue weighted by atomic mass is 16.5. The lowest BCUT2D eigenvalue weighted by molar-refractivity contribution is -0.0352. The fourth-order valence-corrected chi connectivity index (χ4v) is 2.01. The van der Waals surface area contributed by atoms with Crippen LogP contribution in [0.5, 0.6) is 0 Å². The van der Waals surface area contributed by atoms with E-state index in [0.717, 1.165) is 19.6 Å². The topological polar surface area (TPSA) is 67.3 Å². The Morgan fingerprint density at radius 2 is 2.35 bits per heavy atom. The molecule has 94 valence electrons. The number of hydrogen-bond donors (Lipinski definition) is 1. The Kier molecular flexibility index (Phi) is 3.75. The number of rotatable bonds is 3. The van der Waals surface area contributed by atoms with Gasteiger partial charge in [-0.1, -0.05) is 6.92 Å². The van der Waals surface area contributed by atoms with Crippen LogP contribution < -0.4 is 11.2 Å². The molecule has 0 aromatic carbocycles. The molecule has 0 radical (unpaired) electrons. The van der Waals surface area contributed by atoms with Crippen LogP contribution in [0.4, 0.5) is 0 Å². The van der Waals surface area contributed by atoms with Crippen molar-refractivity contribution in [3.63, 3.8) is 0 Å². The van der Waals surface area contributed by atoms with Crippen molar-refractivity contribution >= 4 is 0 Å². The molecule has 1 saturated heterocycles. The summed E-state index contributed by atoms with van der Waals surface area (Å²) in [5.74, 6) is 0. The van der Waals surface area contributed by atoms with Gasteiger partial charge in [-0.25, -0.2) is 4.79 Å². The van der Waals surface area contributed by atoms with Crippen LogP contribution in [0, 0.1) is 0 Å². The Balaban J connectivity index is 2.10. The predicted octanol–water partition coefficient (Wildman–Crippen LogP) is -0.743. The zero-order chi connectivity index (χ0) is 12.3. The molecule has 1 aliphatic heterocycles. The first-order chi connectivity index (χ1) is 8.20. The number of aromatic amines is 1. The number of morpholine rings is 1. The quantitative estimate of drug-likeness (QED) is 0.754. The molecule has 1 atom stereocenters. The number of nitrogens with one attached hydrogen (secondary N) is 1. The van der Waals surface area contributed by atoms with Gasteiger partial charge in [0.25, 0.3) is 5.56 Å². The average Bonchev–Trinajstić information content (AvgIpc) is 2.34. The lowest BCUT2D eigenvalue weighted by Crippen LogP contribution is -2.47. The van der Waals surface area contributed by atoms with Crippen LogP contribution in [0.25, 0.3) is 0 Å². The molecule has 1 aromatic rings. The van der Waals surface area contributed by atoms with Crippen molar-refractivity contribution in [2.24, 2.45) is 0 Å². The van der Waals surface area contributed by atoms with E-state index in [9.17, 15) is 9.59 Å². The smallest absolute Gasteiger partial charge is 0.328 e. The van der Waals surface area contributed by atoms with E-state index >= 15 is 0 Å². The van der Waals surface area contributed by atoms with E-state index in [1.807, 2.05) is 0 Å². The second kappa shape index (κ2) is 5.29. The second-order valence-corrected chi connectivity index (χ2v) is 4.12. The molecule has 17 heavy (non-hydrogen) atoms. The van der Waals surface area contributed by atoms with E-state index in [-0.39, 0.29) is 17.4 Å². The van der Waals surface area contributed by atoms with Crippen LogP contribution >= 0.6 is 0 Å². The maximum absolute atomic E-state index is 11.5. The van der Waals surface area contributed by atoms with E-state index in [1.165, 1.54) is 16.8 Å². The molecule has 2 heterocycles. The lowest BCUT2D eigenvalue weighted by atomic mass is 10.2. The summed E-state index contributed by atoms with van der Waals surface area (Å²) >= 11 is 0. The van der Waals surface area contributed by atoms with Crippen LogP contribution in [0.15, 0.2) is 21.9 Å². The molecular weight excluding hydrogens is 222 g/mol. The summed E-state index contributed by atoms with van der Waals surface area (Å²) in [4.78, 5) is 27.8. The van der Waals surface area contributed by atoms with Crippen LogP contribution in [0.3, 0.4) is 0 Å². The van der Waals surface area contributed by atoms with Crippen molar-refractivity contribution in [2.45, 2.75) is 19.6 Å². The first kappa shape index (κ1) is 12.1. The lowest BCUT2D eigenvalue weighted by Gasteiger charge is -2.32. The molecule has 1 aliphatic rings. The minimum atomic E-state index is -0.380. The fraction of sp³-hybridized carbons (Fsp3) is 0.636. The van der Waals surface area contributed by atoms with Crippen LogP contribution in [-0.4, -0.2) is 46.8 Å². The van der Waals surface area contributed by atoms with Crippen molar-refractivity contribution in [3.05, 3.63) is 33.1 Å². The van der Waals surface area contributed by atoms with Gasteiger partial charge in [0.15, 0.2) is 0 Å². The summed E-state index contributed by atoms with van der Waals surface area (Å²) in [7, 11) is 0. The van der Waals surface area contributed by atoms with Crippen molar-refractivity contribution in [1.29, 1.82) is 0 Å². The molecule has 6 heteroatoms. The zero-order valence-electron chi connectivity index (χ0n) is 9.89. The van der Waals surface area contributed by atoms with Gasteiger partial charge in [0.1, 0.15) is 0 Å². The fourth-order valence-electron chi connectivity index (χ4n) is 2.01.